The number of hydrazine groups is 1. The van der Waals surface area contributed by atoms with Crippen LogP contribution in [0.1, 0.15) is 44.9 Å². The predicted octanol–water partition coefficient (Wildman–Crippen LogP) is 5.02. The molecule has 2 heterocycles. The van der Waals surface area contributed by atoms with E-state index in [4.69, 9.17) is 0 Å². The van der Waals surface area contributed by atoms with Crippen molar-refractivity contribution in [1.29, 1.82) is 5.26 Å². The maximum Gasteiger partial charge on any atom is 0.177 e. The summed E-state index contributed by atoms with van der Waals surface area (Å²) in [6, 6.07) is 8.27. The highest BCUT2D eigenvalue weighted by molar-refractivity contribution is 7.16. The number of aromatic nitrogens is 3. The molecule has 0 saturated heterocycles. The second-order valence-electron chi connectivity index (χ2n) is 6.97. The van der Waals surface area contributed by atoms with Crippen molar-refractivity contribution < 1.29 is 4.39 Å². The van der Waals surface area contributed by atoms with Gasteiger partial charge in [-0.05, 0) is 39.1 Å². The van der Waals surface area contributed by atoms with E-state index in [1.54, 1.807) is 12.4 Å². The molecule has 0 radical (unpaired) electrons. The van der Waals surface area contributed by atoms with Crippen LogP contribution in [0.4, 0.5) is 10.1 Å². The van der Waals surface area contributed by atoms with Crippen LogP contribution in [-0.4, -0.2) is 33.4 Å². The first-order valence-electron chi connectivity index (χ1n) is 10.1. The molecule has 2 atom stereocenters. The first-order chi connectivity index (χ1) is 14.5. The van der Waals surface area contributed by atoms with Gasteiger partial charge in [-0.15, -0.1) is 9.24 Å². The van der Waals surface area contributed by atoms with Crippen LogP contribution in [0, 0.1) is 18.3 Å². The molecule has 0 spiro atoms. The minimum Gasteiger partial charge on any atom is -0.334 e. The number of nitriles is 1. The van der Waals surface area contributed by atoms with Crippen LogP contribution in [0.25, 0.3) is 22.4 Å². The van der Waals surface area contributed by atoms with Crippen molar-refractivity contribution >= 4 is 25.8 Å². The Balaban J connectivity index is 0.00000155. The Bertz CT molecular complexity index is 1000. The number of alkyl halides is 1. The van der Waals surface area contributed by atoms with Gasteiger partial charge < -0.3 is 9.99 Å². The van der Waals surface area contributed by atoms with Crippen LogP contribution in [0.2, 0.25) is 0 Å². The van der Waals surface area contributed by atoms with Gasteiger partial charge in [-0.2, -0.15) is 5.26 Å². The Morgan fingerprint density at radius 2 is 1.90 bits per heavy atom. The van der Waals surface area contributed by atoms with E-state index >= 15 is 0 Å². The van der Waals surface area contributed by atoms with Gasteiger partial charge in [0.1, 0.15) is 18.4 Å². The van der Waals surface area contributed by atoms with Gasteiger partial charge in [0, 0.05) is 11.4 Å². The molecule has 3 rings (SSSR count). The summed E-state index contributed by atoms with van der Waals surface area (Å²) in [5.74, 6) is 0.484. The third kappa shape index (κ3) is 4.95. The summed E-state index contributed by atoms with van der Waals surface area (Å²) in [6.07, 6.45) is 3.84. The van der Waals surface area contributed by atoms with Crippen molar-refractivity contribution in [2.75, 3.05) is 18.3 Å². The Morgan fingerprint density at radius 1 is 1.23 bits per heavy atom. The van der Waals surface area contributed by atoms with Crippen LogP contribution < -0.4 is 10.9 Å². The molecule has 8 heteroatoms. The van der Waals surface area contributed by atoms with Crippen molar-refractivity contribution in [2.45, 2.75) is 46.7 Å². The molecule has 0 amide bonds. The molecule has 2 aromatic heterocycles. The van der Waals surface area contributed by atoms with Gasteiger partial charge in [-0.25, -0.2) is 19.8 Å². The van der Waals surface area contributed by atoms with Crippen molar-refractivity contribution in [3.63, 3.8) is 0 Å². The minimum atomic E-state index is -0.477. The fraction of sp³-hybridized carbons (Fsp3) is 0.409. The zero-order valence-electron chi connectivity index (χ0n) is 18.2. The van der Waals surface area contributed by atoms with E-state index in [1.165, 1.54) is 0 Å². The normalized spacial score (nSPS) is 11.7. The maximum absolute atomic E-state index is 12.8. The zero-order valence-corrected chi connectivity index (χ0v) is 19.4. The van der Waals surface area contributed by atoms with Crippen LogP contribution in [0.3, 0.4) is 0 Å². The van der Waals surface area contributed by atoms with Crippen LogP contribution in [0.15, 0.2) is 30.6 Å². The van der Waals surface area contributed by atoms with Crippen LogP contribution >= 0.6 is 9.24 Å². The Hall–Kier alpha value is -2.55. The number of nitrogens with zero attached hydrogens (tertiary/aromatic N) is 4. The molecule has 0 aliphatic rings. The molecular formula is C22H30FN6P. The third-order valence-corrected chi connectivity index (χ3v) is 5.11. The summed E-state index contributed by atoms with van der Waals surface area (Å²) >= 11 is 0. The van der Waals surface area contributed by atoms with Gasteiger partial charge in [0.05, 0.1) is 35.2 Å². The zero-order chi connectivity index (χ0) is 22.3. The molecule has 3 aromatic rings. The fourth-order valence-corrected chi connectivity index (χ4v) is 3.40. The largest absolute Gasteiger partial charge is 0.334 e. The van der Waals surface area contributed by atoms with Gasteiger partial charge in [0.25, 0.3) is 0 Å². The lowest BCUT2D eigenvalue weighted by Crippen LogP contribution is -2.37. The number of rotatable bonds is 7. The number of halogens is 1. The molecule has 0 saturated carbocycles. The molecule has 30 heavy (non-hydrogen) atoms. The topological polar surface area (TPSA) is 78.6 Å². The van der Waals surface area contributed by atoms with Crippen LogP contribution in [0.5, 0.6) is 0 Å². The van der Waals surface area contributed by atoms with Gasteiger partial charge in [0.15, 0.2) is 5.82 Å². The van der Waals surface area contributed by atoms with Gasteiger partial charge >= 0.3 is 0 Å². The van der Waals surface area contributed by atoms with E-state index in [1.807, 2.05) is 39.0 Å². The van der Waals surface area contributed by atoms with Gasteiger partial charge in [-0.3, -0.25) is 0 Å². The number of nitrogens with one attached hydrogen (secondary N) is 2. The highest BCUT2D eigenvalue weighted by Crippen LogP contribution is 2.35. The summed E-state index contributed by atoms with van der Waals surface area (Å²) in [6.45, 7) is 9.68. The number of fused-ring (bicyclic) bond motifs is 1. The van der Waals surface area contributed by atoms with Gasteiger partial charge in [0.2, 0.25) is 0 Å². The Kier molecular flexibility index (Phi) is 8.71. The molecule has 0 aliphatic carbocycles. The Labute approximate surface area is 180 Å². The molecule has 2 unspecified atom stereocenters. The number of hydrogen-bond donors (Lipinski definition) is 2. The summed E-state index contributed by atoms with van der Waals surface area (Å²) < 4.78 is 14.9. The second kappa shape index (κ2) is 11.0. The van der Waals surface area contributed by atoms with Crippen molar-refractivity contribution in [3.05, 3.63) is 41.7 Å². The average molecular weight is 428 g/mol. The number of benzene rings is 1. The predicted molar refractivity (Wildman–Crippen MR) is 125 cm³/mol. The summed E-state index contributed by atoms with van der Waals surface area (Å²) in [5.41, 5.74) is 9.82. The summed E-state index contributed by atoms with van der Waals surface area (Å²) in [7, 11) is 2.50. The molecular weight excluding hydrogens is 398 g/mol. The SMILES string of the molecule is CC.Cc1ccc2c(c1)c(C#N)c(-c1ncc(NNC(CF)CP)cn1)n2C(C)C. The number of aryl methyl sites for hydroxylation is 1. The third-order valence-electron chi connectivity index (χ3n) is 4.54. The molecule has 0 fully saturated rings. The lowest BCUT2D eigenvalue weighted by atomic mass is 10.1. The molecule has 0 bridgehead atoms. The monoisotopic (exact) mass is 428 g/mol. The fourth-order valence-electron chi connectivity index (χ4n) is 3.16. The van der Waals surface area contributed by atoms with E-state index in [0.29, 0.717) is 28.9 Å². The van der Waals surface area contributed by atoms with Crippen molar-refractivity contribution in [2.24, 2.45) is 0 Å². The van der Waals surface area contributed by atoms with Crippen LogP contribution in [-0.2, 0) is 0 Å². The number of anilines is 1. The highest BCUT2D eigenvalue weighted by atomic mass is 31.0. The Morgan fingerprint density at radius 3 is 2.43 bits per heavy atom. The molecule has 6 nitrogen and oxygen atoms in total. The first-order valence-corrected chi connectivity index (χ1v) is 11.0. The van der Waals surface area contributed by atoms with E-state index in [2.05, 4.69) is 54.5 Å². The van der Waals surface area contributed by atoms with Crippen molar-refractivity contribution in [3.8, 4) is 17.6 Å². The minimum absolute atomic E-state index is 0.137. The van der Waals surface area contributed by atoms with E-state index in [9.17, 15) is 9.65 Å². The molecule has 0 aliphatic heterocycles. The summed E-state index contributed by atoms with van der Waals surface area (Å²) in [4.78, 5) is 8.93. The smallest absolute Gasteiger partial charge is 0.177 e. The lowest BCUT2D eigenvalue weighted by molar-refractivity contribution is 0.412. The van der Waals surface area contributed by atoms with Crippen molar-refractivity contribution in [1.82, 2.24) is 20.0 Å². The first kappa shape index (κ1) is 23.7. The highest BCUT2D eigenvalue weighted by Gasteiger charge is 2.22. The second-order valence-corrected chi connectivity index (χ2v) is 7.44. The maximum atomic E-state index is 12.8. The molecule has 1 aromatic carbocycles. The van der Waals surface area contributed by atoms with E-state index in [-0.39, 0.29) is 12.1 Å². The van der Waals surface area contributed by atoms with Gasteiger partial charge in [-0.1, -0.05) is 25.5 Å². The lowest BCUT2D eigenvalue weighted by Gasteiger charge is -2.16. The van der Waals surface area contributed by atoms with E-state index < -0.39 is 6.67 Å². The molecule has 160 valence electrons. The standard InChI is InChI=1S/C20H24FN6P.C2H6/c1-12(2)27-18-5-4-13(3)6-16(18)17(8-22)19(27)20-23-9-15(10-24-20)26-25-14(7-21)11-28;1-2/h4-6,9-10,12,14,25-26H,7,11,28H2,1-3H3;1-2H3. The van der Waals surface area contributed by atoms with E-state index in [0.717, 1.165) is 16.5 Å². The summed E-state index contributed by atoms with van der Waals surface area (Å²) in [5, 5.41) is 10.7. The molecule has 2 N–H and O–H groups in total. The number of hydrogen-bond acceptors (Lipinski definition) is 5. The average Bonchev–Trinajstić information content (AvgIpc) is 3.10. The quantitative estimate of drug-likeness (QED) is 0.408.